The van der Waals surface area contributed by atoms with E-state index in [1.165, 1.54) is 11.3 Å². The number of hydrogen-bond acceptors (Lipinski definition) is 5. The number of aromatic nitrogens is 1. The lowest BCUT2D eigenvalue weighted by Gasteiger charge is -2.07. The van der Waals surface area contributed by atoms with E-state index >= 15 is 0 Å². The Morgan fingerprint density at radius 2 is 1.81 bits per heavy atom. The highest BCUT2D eigenvalue weighted by molar-refractivity contribution is 7.22. The van der Waals surface area contributed by atoms with Gasteiger partial charge in [-0.3, -0.25) is 0 Å². The predicted octanol–water partition coefficient (Wildman–Crippen LogP) is 2.68. The molecule has 0 aliphatic carbocycles. The van der Waals surface area contributed by atoms with Crippen LogP contribution < -0.4 is 15.2 Å². The molecule has 0 amide bonds. The second kappa shape index (κ2) is 4.57. The summed E-state index contributed by atoms with van der Waals surface area (Å²) in [5, 5.41) is 0.531. The van der Waals surface area contributed by atoms with Gasteiger partial charge in [0.15, 0.2) is 5.13 Å². The minimum Gasteiger partial charge on any atom is -0.492 e. The fourth-order valence-corrected chi connectivity index (χ4v) is 2.33. The van der Waals surface area contributed by atoms with Crippen molar-refractivity contribution in [2.45, 2.75) is 13.8 Å². The summed E-state index contributed by atoms with van der Waals surface area (Å²) in [5.74, 6) is 1.57. The van der Waals surface area contributed by atoms with Gasteiger partial charge in [0, 0.05) is 0 Å². The summed E-state index contributed by atoms with van der Waals surface area (Å²) in [6, 6.07) is 3.77. The number of fused-ring (bicyclic) bond motifs is 1. The summed E-state index contributed by atoms with van der Waals surface area (Å²) in [5.41, 5.74) is 6.50. The van der Waals surface area contributed by atoms with Gasteiger partial charge in [-0.25, -0.2) is 4.98 Å². The third-order valence-electron chi connectivity index (χ3n) is 2.09. The third-order valence-corrected chi connectivity index (χ3v) is 2.99. The molecule has 1 aromatic heterocycles. The molecular formula is C11H14N2O2S. The molecule has 2 rings (SSSR count). The first-order chi connectivity index (χ1) is 7.76. The van der Waals surface area contributed by atoms with Gasteiger partial charge >= 0.3 is 0 Å². The van der Waals surface area contributed by atoms with Crippen LogP contribution in [0.5, 0.6) is 11.5 Å². The first-order valence-electron chi connectivity index (χ1n) is 5.20. The Labute approximate surface area is 98.0 Å². The molecule has 0 aliphatic rings. The Hall–Kier alpha value is -1.49. The molecule has 86 valence electrons. The highest BCUT2D eigenvalue weighted by Crippen LogP contribution is 2.38. The van der Waals surface area contributed by atoms with Crippen molar-refractivity contribution in [2.75, 3.05) is 18.9 Å². The summed E-state index contributed by atoms with van der Waals surface area (Å²) >= 11 is 1.42. The second-order valence-corrected chi connectivity index (χ2v) is 4.19. The maximum Gasteiger partial charge on any atom is 0.181 e. The minimum atomic E-state index is 0.531. The van der Waals surface area contributed by atoms with Gasteiger partial charge in [0.05, 0.1) is 13.2 Å². The van der Waals surface area contributed by atoms with Gasteiger partial charge in [-0.2, -0.15) is 0 Å². The summed E-state index contributed by atoms with van der Waals surface area (Å²) in [7, 11) is 0. The highest BCUT2D eigenvalue weighted by atomic mass is 32.1. The van der Waals surface area contributed by atoms with Crippen molar-refractivity contribution in [3.63, 3.8) is 0 Å². The standard InChI is InChI=1S/C11H14N2O2S/c1-3-14-7-5-6-8(15-4-2)10-9(7)13-11(12)16-10/h5-6H,3-4H2,1-2H3,(H2,12,13). The molecule has 16 heavy (non-hydrogen) atoms. The number of nitrogens with two attached hydrogens (primary N) is 1. The number of benzene rings is 1. The topological polar surface area (TPSA) is 57.4 Å². The molecule has 0 unspecified atom stereocenters. The van der Waals surface area contributed by atoms with Gasteiger partial charge in [0.2, 0.25) is 0 Å². The molecule has 0 saturated carbocycles. The number of anilines is 1. The van der Waals surface area contributed by atoms with Gasteiger partial charge in [-0.05, 0) is 26.0 Å². The maximum atomic E-state index is 5.72. The van der Waals surface area contributed by atoms with Crippen molar-refractivity contribution < 1.29 is 9.47 Å². The van der Waals surface area contributed by atoms with Crippen LogP contribution in [0.4, 0.5) is 5.13 Å². The summed E-state index contributed by atoms with van der Waals surface area (Å²) < 4.78 is 12.0. The van der Waals surface area contributed by atoms with E-state index in [0.717, 1.165) is 21.7 Å². The molecule has 0 spiro atoms. The zero-order valence-electron chi connectivity index (χ0n) is 9.32. The quantitative estimate of drug-likeness (QED) is 0.889. The van der Waals surface area contributed by atoms with E-state index in [1.807, 2.05) is 26.0 Å². The first kappa shape index (κ1) is 11.0. The highest BCUT2D eigenvalue weighted by Gasteiger charge is 2.12. The van der Waals surface area contributed by atoms with E-state index in [9.17, 15) is 0 Å². The SMILES string of the molecule is CCOc1ccc(OCC)c2sc(N)nc12. The average Bonchev–Trinajstić information content (AvgIpc) is 2.64. The van der Waals surface area contributed by atoms with E-state index in [0.29, 0.717) is 18.3 Å². The van der Waals surface area contributed by atoms with Crippen LogP contribution in [0, 0.1) is 0 Å². The summed E-state index contributed by atoms with van der Waals surface area (Å²) in [6.07, 6.45) is 0. The molecule has 0 aliphatic heterocycles. The lowest BCUT2D eigenvalue weighted by atomic mass is 10.3. The van der Waals surface area contributed by atoms with Crippen molar-refractivity contribution in [3.8, 4) is 11.5 Å². The Kier molecular flexibility index (Phi) is 3.14. The molecule has 0 fully saturated rings. The summed E-state index contributed by atoms with van der Waals surface area (Å²) in [6.45, 7) is 5.13. The molecule has 0 radical (unpaired) electrons. The first-order valence-corrected chi connectivity index (χ1v) is 6.02. The fraction of sp³-hybridized carbons (Fsp3) is 0.364. The number of nitrogen functional groups attached to an aromatic ring is 1. The molecule has 0 atom stereocenters. The Balaban J connectivity index is 2.57. The second-order valence-electron chi connectivity index (χ2n) is 3.16. The largest absolute Gasteiger partial charge is 0.492 e. The molecular weight excluding hydrogens is 224 g/mol. The van der Waals surface area contributed by atoms with Gasteiger partial charge in [0.1, 0.15) is 21.7 Å². The average molecular weight is 238 g/mol. The third kappa shape index (κ3) is 1.90. The van der Waals surface area contributed by atoms with Gasteiger partial charge in [-0.1, -0.05) is 11.3 Å². The molecule has 1 heterocycles. The Morgan fingerprint density at radius 1 is 1.19 bits per heavy atom. The number of ether oxygens (including phenoxy) is 2. The van der Waals surface area contributed by atoms with Crippen LogP contribution in [0.1, 0.15) is 13.8 Å². The molecule has 5 heteroatoms. The van der Waals surface area contributed by atoms with Crippen LogP contribution in [0.2, 0.25) is 0 Å². The van der Waals surface area contributed by atoms with E-state index in [1.54, 1.807) is 0 Å². The van der Waals surface area contributed by atoms with E-state index < -0.39 is 0 Å². The van der Waals surface area contributed by atoms with Gasteiger partial charge < -0.3 is 15.2 Å². The van der Waals surface area contributed by atoms with E-state index in [2.05, 4.69) is 4.98 Å². The molecule has 2 N–H and O–H groups in total. The minimum absolute atomic E-state index is 0.531. The van der Waals surface area contributed by atoms with Crippen LogP contribution in [0.15, 0.2) is 12.1 Å². The van der Waals surface area contributed by atoms with Crippen LogP contribution >= 0.6 is 11.3 Å². The molecule has 2 aromatic rings. The van der Waals surface area contributed by atoms with E-state index in [4.69, 9.17) is 15.2 Å². The lowest BCUT2D eigenvalue weighted by Crippen LogP contribution is -1.95. The monoisotopic (exact) mass is 238 g/mol. The number of rotatable bonds is 4. The van der Waals surface area contributed by atoms with Gasteiger partial charge in [0.25, 0.3) is 0 Å². The smallest absolute Gasteiger partial charge is 0.181 e. The van der Waals surface area contributed by atoms with Crippen molar-refractivity contribution in [3.05, 3.63) is 12.1 Å². The van der Waals surface area contributed by atoms with Crippen LogP contribution in [-0.4, -0.2) is 18.2 Å². The zero-order chi connectivity index (χ0) is 11.5. The van der Waals surface area contributed by atoms with Crippen molar-refractivity contribution in [2.24, 2.45) is 0 Å². The molecule has 4 nitrogen and oxygen atoms in total. The maximum absolute atomic E-state index is 5.72. The Morgan fingerprint density at radius 3 is 2.50 bits per heavy atom. The predicted molar refractivity (Wildman–Crippen MR) is 66.4 cm³/mol. The van der Waals surface area contributed by atoms with E-state index in [-0.39, 0.29) is 0 Å². The molecule has 0 bridgehead atoms. The lowest BCUT2D eigenvalue weighted by molar-refractivity contribution is 0.336. The number of nitrogens with zero attached hydrogens (tertiary/aromatic N) is 1. The van der Waals surface area contributed by atoms with Crippen LogP contribution in [0.3, 0.4) is 0 Å². The van der Waals surface area contributed by atoms with Gasteiger partial charge in [-0.15, -0.1) is 0 Å². The number of hydrogen-bond donors (Lipinski definition) is 1. The Bertz CT molecular complexity index is 453. The van der Waals surface area contributed by atoms with Crippen LogP contribution in [0.25, 0.3) is 10.2 Å². The van der Waals surface area contributed by atoms with Crippen molar-refractivity contribution in [1.29, 1.82) is 0 Å². The summed E-state index contributed by atoms with van der Waals surface area (Å²) in [4.78, 5) is 4.27. The van der Waals surface area contributed by atoms with Crippen LogP contribution in [-0.2, 0) is 0 Å². The zero-order valence-corrected chi connectivity index (χ0v) is 10.1. The fourth-order valence-electron chi connectivity index (χ4n) is 1.52. The van der Waals surface area contributed by atoms with Crippen molar-refractivity contribution >= 4 is 26.7 Å². The normalized spacial score (nSPS) is 10.6. The van der Waals surface area contributed by atoms with Crippen molar-refractivity contribution in [1.82, 2.24) is 4.98 Å². The molecule has 1 aromatic carbocycles. The molecule has 0 saturated heterocycles. The number of thiazole rings is 1.